The van der Waals surface area contributed by atoms with Crippen molar-refractivity contribution in [2.45, 2.75) is 166 Å². The van der Waals surface area contributed by atoms with Gasteiger partial charge in [0.25, 0.3) is 0 Å². The third-order valence-electron chi connectivity index (χ3n) is 8.37. The molecule has 0 saturated carbocycles. The second kappa shape index (κ2) is 51.2. The van der Waals surface area contributed by atoms with Crippen LogP contribution in [0.5, 0.6) is 0 Å². The Morgan fingerprint density at radius 3 is 1.59 bits per heavy atom. The van der Waals surface area contributed by atoms with Crippen molar-refractivity contribution < 1.29 is 52.8 Å². The van der Waals surface area contributed by atoms with Crippen LogP contribution in [-0.4, -0.2) is 133 Å². The van der Waals surface area contributed by atoms with Gasteiger partial charge in [-0.3, -0.25) is 19.2 Å². The molecule has 0 saturated heterocycles. The van der Waals surface area contributed by atoms with Crippen LogP contribution in [0.25, 0.3) is 0 Å². The average molecular weight is 880 g/mol. The molecule has 16 heteroatoms. The first kappa shape index (κ1) is 66.9. The Labute approximate surface area is 371 Å². The van der Waals surface area contributed by atoms with Gasteiger partial charge in [0.05, 0.1) is 45.7 Å². The van der Waals surface area contributed by atoms with Crippen molar-refractivity contribution in [2.24, 2.45) is 11.3 Å². The largest absolute Gasteiger partial charge is 0.480 e. The van der Waals surface area contributed by atoms with Crippen LogP contribution in [0.1, 0.15) is 154 Å². The van der Waals surface area contributed by atoms with Gasteiger partial charge in [-0.15, -0.1) is 0 Å². The van der Waals surface area contributed by atoms with E-state index in [4.69, 9.17) is 18.9 Å². The maximum Gasteiger partial charge on any atom is 0.326 e. The van der Waals surface area contributed by atoms with E-state index in [1.165, 1.54) is 0 Å². The summed E-state index contributed by atoms with van der Waals surface area (Å²) in [5.41, 5.74) is 0.270. The number of likely N-dealkylation sites (N-methyl/N-ethyl adjacent to an activating group) is 1. The Morgan fingerprint density at radius 1 is 0.623 bits per heavy atom. The standard InChI is InChI=1S/C37H69N5O11.4C2H6/c1-6-15-37(3,4)25-29(2)10-9-12-33(45)42-31(36(48)49)13-14-32(44)40-17-19-50-21-24-53-28-35(47)41-18-20-51-22-23-52-27-34(46)39-16-8-7-11-30(26-43)38-5;4*1-2/h26,29-31,38H,6-25,27-28H2,1-5H3,(H,39,46)(H,40,44)(H,41,47)(H,42,45)(H,48,49);4*1-2H3/t29?,30-,31-;;;;/m0..../s1. The number of unbranched alkanes of at least 4 members (excludes halogenated alkanes) is 1. The fraction of sp³-hybridized carbons (Fsp3) is 0.867. The first-order chi connectivity index (χ1) is 29.3. The maximum absolute atomic E-state index is 12.3. The number of carboxylic acids is 1. The zero-order chi connectivity index (χ0) is 47.7. The Kier molecular flexibility index (Phi) is 56.1. The number of hydrogen-bond donors (Lipinski definition) is 6. The smallest absolute Gasteiger partial charge is 0.326 e. The van der Waals surface area contributed by atoms with Crippen LogP contribution in [0.3, 0.4) is 0 Å². The molecule has 0 fully saturated rings. The molecule has 3 atom stereocenters. The van der Waals surface area contributed by atoms with E-state index in [-0.39, 0.29) is 120 Å². The van der Waals surface area contributed by atoms with Crippen LogP contribution >= 0.6 is 0 Å². The van der Waals surface area contributed by atoms with Crippen molar-refractivity contribution in [1.82, 2.24) is 26.6 Å². The molecular weight excluding hydrogens is 787 g/mol. The quantitative estimate of drug-likeness (QED) is 0.0323. The van der Waals surface area contributed by atoms with Gasteiger partial charge in [-0.2, -0.15) is 0 Å². The summed E-state index contributed by atoms with van der Waals surface area (Å²) in [4.78, 5) is 70.5. The van der Waals surface area contributed by atoms with Gasteiger partial charge >= 0.3 is 5.97 Å². The zero-order valence-corrected chi connectivity index (χ0v) is 40.9. The lowest BCUT2D eigenvalue weighted by molar-refractivity contribution is -0.142. The molecule has 0 aromatic heterocycles. The Bertz CT molecular complexity index is 1030. The average Bonchev–Trinajstić information content (AvgIpc) is 3.25. The van der Waals surface area contributed by atoms with Crippen molar-refractivity contribution in [3.8, 4) is 0 Å². The number of aldehydes is 1. The number of carbonyl (C=O) groups is 6. The minimum atomic E-state index is -1.17. The Balaban J connectivity index is -0.00000123. The van der Waals surface area contributed by atoms with Crippen LogP contribution in [0.4, 0.5) is 0 Å². The third kappa shape index (κ3) is 49.4. The highest BCUT2D eigenvalue weighted by Crippen LogP contribution is 2.32. The lowest BCUT2D eigenvalue weighted by Crippen LogP contribution is -2.41. The lowest BCUT2D eigenvalue weighted by atomic mass is 9.78. The molecule has 0 aromatic rings. The normalized spacial score (nSPS) is 11.8. The second-order valence-electron chi connectivity index (χ2n) is 14.0. The van der Waals surface area contributed by atoms with E-state index in [9.17, 15) is 33.9 Å². The number of nitrogens with one attached hydrogen (secondary N) is 5. The predicted molar refractivity (Wildman–Crippen MR) is 246 cm³/mol. The number of aliphatic carboxylic acids is 1. The van der Waals surface area contributed by atoms with E-state index in [1.54, 1.807) is 7.05 Å². The number of ether oxygens (including phenoxy) is 4. The van der Waals surface area contributed by atoms with Gasteiger partial charge in [-0.25, -0.2) is 4.79 Å². The first-order valence-electron chi connectivity index (χ1n) is 23.1. The van der Waals surface area contributed by atoms with Gasteiger partial charge in [-0.1, -0.05) is 95.9 Å². The van der Waals surface area contributed by atoms with Gasteiger partial charge < -0.3 is 55.4 Å². The lowest BCUT2D eigenvalue weighted by Gasteiger charge is -2.27. The first-order valence-corrected chi connectivity index (χ1v) is 23.1. The van der Waals surface area contributed by atoms with Crippen LogP contribution in [-0.2, 0) is 47.7 Å². The molecule has 6 N–H and O–H groups in total. The van der Waals surface area contributed by atoms with Gasteiger partial charge in [0.15, 0.2) is 0 Å². The summed E-state index contributed by atoms with van der Waals surface area (Å²) >= 11 is 0. The monoisotopic (exact) mass is 880 g/mol. The van der Waals surface area contributed by atoms with Crippen LogP contribution in [0.2, 0.25) is 0 Å². The number of rotatable bonds is 36. The summed E-state index contributed by atoms with van der Waals surface area (Å²) in [6.07, 6.45) is 8.35. The van der Waals surface area contributed by atoms with Crippen LogP contribution in [0.15, 0.2) is 0 Å². The summed E-state index contributed by atoms with van der Waals surface area (Å²) in [6, 6.07) is -1.29. The molecule has 16 nitrogen and oxygen atoms in total. The maximum atomic E-state index is 12.3. The summed E-state index contributed by atoms with van der Waals surface area (Å²) in [5.74, 6) is -1.89. The fourth-order valence-corrected chi connectivity index (χ4v) is 5.72. The van der Waals surface area contributed by atoms with E-state index in [0.29, 0.717) is 18.9 Å². The summed E-state index contributed by atoms with van der Waals surface area (Å²) in [7, 11) is 1.74. The molecule has 1 unspecified atom stereocenters. The highest BCUT2D eigenvalue weighted by atomic mass is 16.5. The minimum Gasteiger partial charge on any atom is -0.480 e. The van der Waals surface area contributed by atoms with E-state index >= 15 is 0 Å². The molecule has 0 spiro atoms. The summed E-state index contributed by atoms with van der Waals surface area (Å²) in [5, 5.41) is 23.0. The Hall–Kier alpha value is -3.18. The van der Waals surface area contributed by atoms with E-state index in [1.807, 2.05) is 55.4 Å². The molecule has 0 radical (unpaired) electrons. The van der Waals surface area contributed by atoms with E-state index < -0.39 is 12.0 Å². The molecule has 0 aliphatic carbocycles. The van der Waals surface area contributed by atoms with Crippen LogP contribution in [0, 0.1) is 11.3 Å². The van der Waals surface area contributed by atoms with Crippen molar-refractivity contribution in [3.63, 3.8) is 0 Å². The van der Waals surface area contributed by atoms with Crippen molar-refractivity contribution in [3.05, 3.63) is 0 Å². The molecule has 4 amide bonds. The van der Waals surface area contributed by atoms with E-state index in [2.05, 4.69) is 54.3 Å². The molecule has 0 bridgehead atoms. The molecule has 0 aliphatic heterocycles. The molecule has 0 aliphatic rings. The van der Waals surface area contributed by atoms with Gasteiger partial charge in [0, 0.05) is 32.5 Å². The zero-order valence-electron chi connectivity index (χ0n) is 40.9. The minimum absolute atomic E-state index is 0.0169. The second-order valence-corrected chi connectivity index (χ2v) is 14.0. The van der Waals surface area contributed by atoms with Gasteiger partial charge in [0.2, 0.25) is 23.6 Å². The topological polar surface area (TPSA) is 220 Å². The molecule has 0 heterocycles. The molecule has 364 valence electrons. The summed E-state index contributed by atoms with van der Waals surface area (Å²) in [6.45, 7) is 27.1. The van der Waals surface area contributed by atoms with Gasteiger partial charge in [-0.05, 0) is 63.3 Å². The highest BCUT2D eigenvalue weighted by molar-refractivity contribution is 5.84. The Morgan fingerprint density at radius 2 is 1.11 bits per heavy atom. The molecule has 0 aromatic carbocycles. The molecule has 61 heavy (non-hydrogen) atoms. The highest BCUT2D eigenvalue weighted by Gasteiger charge is 2.22. The summed E-state index contributed by atoms with van der Waals surface area (Å²) < 4.78 is 21.3. The number of carbonyl (C=O) groups excluding carboxylic acids is 5. The third-order valence-corrected chi connectivity index (χ3v) is 8.37. The number of carboxylic acid groups (broad SMARTS) is 1. The molecular formula is C45H93N5O11. The van der Waals surface area contributed by atoms with Gasteiger partial charge in [0.1, 0.15) is 25.5 Å². The van der Waals surface area contributed by atoms with Crippen molar-refractivity contribution in [2.75, 3.05) is 79.5 Å². The predicted octanol–water partition coefficient (Wildman–Crippen LogP) is 5.84. The number of hydrogen-bond acceptors (Lipinski definition) is 11. The van der Waals surface area contributed by atoms with E-state index in [0.717, 1.165) is 51.2 Å². The van der Waals surface area contributed by atoms with Crippen LogP contribution < -0.4 is 26.6 Å². The molecule has 0 rings (SSSR count). The fourth-order valence-electron chi connectivity index (χ4n) is 5.72. The SMILES string of the molecule is CC.CC.CC.CC.CCCC(C)(C)CC(C)CCCC(=O)N[C@@H](CCC(=O)NCCOCCOCC(=O)NCCOCCOCC(=O)NCCCC[C@@H](C=O)NC)C(=O)O. The van der Waals surface area contributed by atoms with Crippen molar-refractivity contribution >= 4 is 35.9 Å². The van der Waals surface area contributed by atoms with Crippen molar-refractivity contribution in [1.29, 1.82) is 0 Å². The number of amides is 4.